The molecule has 0 aromatic carbocycles. The third-order valence-electron chi connectivity index (χ3n) is 5.19. The van der Waals surface area contributed by atoms with E-state index in [2.05, 4.69) is 24.1 Å². The average molecular weight is 267 g/mol. The minimum Gasteiger partial charge on any atom is -0.368 e. The van der Waals surface area contributed by atoms with Crippen molar-refractivity contribution in [3.8, 4) is 0 Å². The van der Waals surface area contributed by atoms with E-state index in [0.29, 0.717) is 6.04 Å². The number of hydrogen-bond donors (Lipinski definition) is 2. The summed E-state index contributed by atoms with van der Waals surface area (Å²) in [4.78, 5) is 14.4. The number of hydrogen-bond acceptors (Lipinski definition) is 3. The number of nitrogens with zero attached hydrogens (tertiary/aromatic N) is 1. The Morgan fingerprint density at radius 3 is 2.74 bits per heavy atom. The predicted octanol–water partition coefficient (Wildman–Crippen LogP) is 1.35. The number of nitrogens with two attached hydrogens (primary N) is 1. The van der Waals surface area contributed by atoms with Gasteiger partial charge in [0.15, 0.2) is 0 Å². The lowest BCUT2D eigenvalue weighted by Crippen LogP contribution is -2.54. The van der Waals surface area contributed by atoms with Crippen LogP contribution in [-0.2, 0) is 4.79 Å². The van der Waals surface area contributed by atoms with Crippen LogP contribution < -0.4 is 11.1 Å². The van der Waals surface area contributed by atoms with E-state index < -0.39 is 5.54 Å². The van der Waals surface area contributed by atoms with Gasteiger partial charge in [-0.3, -0.25) is 4.79 Å². The Bertz CT molecular complexity index is 331. The highest BCUT2D eigenvalue weighted by Crippen LogP contribution is 2.36. The van der Waals surface area contributed by atoms with E-state index in [9.17, 15) is 4.79 Å². The van der Waals surface area contributed by atoms with Crippen molar-refractivity contribution in [1.82, 2.24) is 10.2 Å². The molecular formula is C15H29N3O. The first kappa shape index (κ1) is 14.8. The summed E-state index contributed by atoms with van der Waals surface area (Å²) in [6.45, 7) is 9.87. The fourth-order valence-electron chi connectivity index (χ4n) is 3.83. The summed E-state index contributed by atoms with van der Waals surface area (Å²) in [6, 6.07) is 0.537. The van der Waals surface area contributed by atoms with Crippen LogP contribution in [0.15, 0.2) is 0 Å². The summed E-state index contributed by atoms with van der Waals surface area (Å²) in [7, 11) is 0. The summed E-state index contributed by atoms with van der Waals surface area (Å²) in [5.41, 5.74) is 5.19. The fourth-order valence-corrected chi connectivity index (χ4v) is 3.83. The second-order valence-electron chi connectivity index (χ2n) is 6.66. The smallest absolute Gasteiger partial charge is 0.237 e. The highest BCUT2D eigenvalue weighted by Gasteiger charge is 2.46. The molecule has 3 unspecified atom stereocenters. The van der Waals surface area contributed by atoms with Gasteiger partial charge in [0, 0.05) is 12.6 Å². The van der Waals surface area contributed by atoms with Crippen LogP contribution >= 0.6 is 0 Å². The van der Waals surface area contributed by atoms with Crippen molar-refractivity contribution in [3.63, 3.8) is 0 Å². The van der Waals surface area contributed by atoms with E-state index in [1.54, 1.807) is 0 Å². The van der Waals surface area contributed by atoms with Crippen molar-refractivity contribution in [1.29, 1.82) is 0 Å². The summed E-state index contributed by atoms with van der Waals surface area (Å²) in [6.07, 6.45) is 4.18. The molecule has 2 fully saturated rings. The number of primary amides is 1. The number of likely N-dealkylation sites (tertiary alicyclic amines) is 1. The Balaban J connectivity index is 1.96. The first-order chi connectivity index (χ1) is 8.98. The van der Waals surface area contributed by atoms with Gasteiger partial charge < -0.3 is 16.0 Å². The number of likely N-dealkylation sites (N-methyl/N-ethyl adjacent to an activating group) is 1. The van der Waals surface area contributed by atoms with Crippen molar-refractivity contribution in [2.75, 3.05) is 19.6 Å². The Morgan fingerprint density at radius 2 is 2.21 bits per heavy atom. The topological polar surface area (TPSA) is 58.4 Å². The molecule has 1 saturated heterocycles. The quantitative estimate of drug-likeness (QED) is 0.790. The van der Waals surface area contributed by atoms with Gasteiger partial charge in [-0.1, -0.05) is 20.8 Å². The molecule has 3 N–H and O–H groups in total. The summed E-state index contributed by atoms with van der Waals surface area (Å²) in [5.74, 6) is 1.42. The van der Waals surface area contributed by atoms with Crippen LogP contribution in [0.2, 0.25) is 0 Å². The Labute approximate surface area is 117 Å². The van der Waals surface area contributed by atoms with Crippen LogP contribution in [0.1, 0.15) is 46.5 Å². The normalized spacial score (nSPS) is 36.2. The molecule has 0 spiro atoms. The van der Waals surface area contributed by atoms with Crippen LogP contribution in [-0.4, -0.2) is 42.0 Å². The van der Waals surface area contributed by atoms with Gasteiger partial charge in [-0.15, -0.1) is 0 Å². The lowest BCUT2D eigenvalue weighted by atomic mass is 9.95. The maximum absolute atomic E-state index is 11.8. The van der Waals surface area contributed by atoms with Gasteiger partial charge in [-0.2, -0.15) is 0 Å². The number of amides is 1. The minimum absolute atomic E-state index is 0.170. The fraction of sp³-hybridized carbons (Fsp3) is 0.933. The second-order valence-corrected chi connectivity index (χ2v) is 6.66. The van der Waals surface area contributed by atoms with Gasteiger partial charge in [0.2, 0.25) is 5.91 Å². The molecule has 2 rings (SSSR count). The van der Waals surface area contributed by atoms with E-state index >= 15 is 0 Å². The number of nitrogens with one attached hydrogen (secondary N) is 1. The number of carbonyl (C=O) groups is 1. The zero-order chi connectivity index (χ0) is 14.0. The Hall–Kier alpha value is -0.610. The van der Waals surface area contributed by atoms with Gasteiger partial charge in [0.25, 0.3) is 0 Å². The maximum Gasteiger partial charge on any atom is 0.237 e. The van der Waals surface area contributed by atoms with Gasteiger partial charge >= 0.3 is 0 Å². The molecule has 19 heavy (non-hydrogen) atoms. The molecule has 1 amide bonds. The highest BCUT2D eigenvalue weighted by molar-refractivity contribution is 5.85. The zero-order valence-electron chi connectivity index (χ0n) is 12.6. The average Bonchev–Trinajstić information content (AvgIpc) is 2.95. The molecular weight excluding hydrogens is 238 g/mol. The standard InChI is InChI=1S/C15H29N3O/c1-4-17-15(14(16)19)7-5-13(9-15)18-8-6-12(10-18)11(2)3/h11-13,17H,4-10H2,1-3H3,(H2,16,19). The molecule has 0 radical (unpaired) electrons. The lowest BCUT2D eigenvalue weighted by Gasteiger charge is -2.29. The Kier molecular flexibility index (Phi) is 4.51. The SMILES string of the molecule is CCNC1(C(N)=O)CCC(N2CCC(C(C)C)C2)C1. The molecule has 0 aromatic heterocycles. The van der Waals surface area contributed by atoms with Crippen molar-refractivity contribution in [2.24, 2.45) is 17.6 Å². The van der Waals surface area contributed by atoms with Crippen molar-refractivity contribution in [2.45, 2.75) is 58.0 Å². The molecule has 2 aliphatic rings. The molecule has 0 aromatic rings. The molecule has 3 atom stereocenters. The van der Waals surface area contributed by atoms with Gasteiger partial charge in [0.05, 0.1) is 5.54 Å². The molecule has 4 nitrogen and oxygen atoms in total. The van der Waals surface area contributed by atoms with Crippen molar-refractivity contribution >= 4 is 5.91 Å². The third kappa shape index (κ3) is 2.95. The summed E-state index contributed by atoms with van der Waals surface area (Å²) >= 11 is 0. The second kappa shape index (κ2) is 5.80. The van der Waals surface area contributed by atoms with Gasteiger partial charge in [0.1, 0.15) is 0 Å². The third-order valence-corrected chi connectivity index (χ3v) is 5.19. The lowest BCUT2D eigenvalue weighted by molar-refractivity contribution is -0.124. The summed E-state index contributed by atoms with van der Waals surface area (Å²) in [5, 5.41) is 3.34. The predicted molar refractivity (Wildman–Crippen MR) is 77.8 cm³/mol. The molecule has 110 valence electrons. The van der Waals surface area contributed by atoms with Crippen LogP contribution in [0.25, 0.3) is 0 Å². The first-order valence-electron chi connectivity index (χ1n) is 7.77. The molecule has 1 heterocycles. The monoisotopic (exact) mass is 267 g/mol. The highest BCUT2D eigenvalue weighted by atomic mass is 16.1. The molecule has 0 bridgehead atoms. The Morgan fingerprint density at radius 1 is 1.47 bits per heavy atom. The van der Waals surface area contributed by atoms with Crippen molar-refractivity contribution in [3.05, 3.63) is 0 Å². The zero-order valence-corrected chi connectivity index (χ0v) is 12.6. The maximum atomic E-state index is 11.8. The molecule has 1 saturated carbocycles. The number of carbonyl (C=O) groups excluding carboxylic acids is 1. The van der Waals surface area contributed by atoms with Crippen molar-refractivity contribution < 1.29 is 4.79 Å². The number of rotatable bonds is 5. The van der Waals surface area contributed by atoms with E-state index in [4.69, 9.17) is 5.73 Å². The van der Waals surface area contributed by atoms with Crippen LogP contribution in [0, 0.1) is 11.8 Å². The van der Waals surface area contributed by atoms with E-state index in [1.165, 1.54) is 19.5 Å². The van der Waals surface area contributed by atoms with Crippen LogP contribution in [0.3, 0.4) is 0 Å². The van der Waals surface area contributed by atoms with E-state index in [-0.39, 0.29) is 5.91 Å². The van der Waals surface area contributed by atoms with Crippen LogP contribution in [0.5, 0.6) is 0 Å². The first-order valence-corrected chi connectivity index (χ1v) is 7.77. The van der Waals surface area contributed by atoms with E-state index in [0.717, 1.165) is 37.6 Å². The van der Waals surface area contributed by atoms with Crippen LogP contribution in [0.4, 0.5) is 0 Å². The molecule has 1 aliphatic heterocycles. The van der Waals surface area contributed by atoms with Gasteiger partial charge in [-0.05, 0) is 50.6 Å². The summed E-state index contributed by atoms with van der Waals surface area (Å²) < 4.78 is 0. The molecule has 4 heteroatoms. The largest absolute Gasteiger partial charge is 0.368 e. The van der Waals surface area contributed by atoms with E-state index in [1.807, 2.05) is 6.92 Å². The van der Waals surface area contributed by atoms with Gasteiger partial charge in [-0.25, -0.2) is 0 Å². The minimum atomic E-state index is -0.449. The molecule has 1 aliphatic carbocycles.